The van der Waals surface area contributed by atoms with Gasteiger partial charge in [-0.3, -0.25) is 4.79 Å². The summed E-state index contributed by atoms with van der Waals surface area (Å²) in [5, 5.41) is 6.64. The van der Waals surface area contributed by atoms with Crippen LogP contribution in [0.3, 0.4) is 0 Å². The number of allylic oxidation sites excluding steroid dienone is 1. The van der Waals surface area contributed by atoms with E-state index in [4.69, 9.17) is 17.0 Å². The van der Waals surface area contributed by atoms with Crippen LogP contribution < -0.4 is 10.6 Å². The van der Waals surface area contributed by atoms with Crippen LogP contribution in [0.4, 0.5) is 5.69 Å². The summed E-state index contributed by atoms with van der Waals surface area (Å²) in [7, 11) is 1.82. The molecule has 0 saturated heterocycles. The fourth-order valence-electron chi connectivity index (χ4n) is 2.88. The number of ether oxygens (including phenoxy) is 1. The van der Waals surface area contributed by atoms with Gasteiger partial charge in [-0.2, -0.15) is 0 Å². The number of nitrogens with zero attached hydrogens (tertiary/aromatic N) is 1. The van der Waals surface area contributed by atoms with E-state index in [0.29, 0.717) is 23.7 Å². The summed E-state index contributed by atoms with van der Waals surface area (Å²) in [4.78, 5) is 26.3. The summed E-state index contributed by atoms with van der Waals surface area (Å²) in [6.45, 7) is 8.19. The van der Waals surface area contributed by atoms with Crippen molar-refractivity contribution in [2.75, 3.05) is 19.0 Å². The number of hydrogen-bond donors (Lipinski definition) is 2. The Morgan fingerprint density at radius 2 is 1.93 bits per heavy atom. The molecule has 1 aliphatic heterocycles. The van der Waals surface area contributed by atoms with Crippen molar-refractivity contribution in [1.82, 2.24) is 10.2 Å². The highest BCUT2D eigenvalue weighted by molar-refractivity contribution is 7.80. The summed E-state index contributed by atoms with van der Waals surface area (Å²) in [5.41, 5.74) is 2.91. The molecule has 0 saturated carbocycles. The van der Waals surface area contributed by atoms with Crippen molar-refractivity contribution >= 4 is 34.9 Å². The minimum Gasteiger partial charge on any atom is -0.462 e. The molecule has 0 unspecified atom stereocenters. The molecule has 1 atom stereocenters. The Hall–Kier alpha value is -2.41. The van der Waals surface area contributed by atoms with Crippen molar-refractivity contribution in [2.24, 2.45) is 5.92 Å². The van der Waals surface area contributed by atoms with E-state index in [-0.39, 0.29) is 17.8 Å². The number of rotatable bonds is 7. The topological polar surface area (TPSA) is 70.7 Å². The van der Waals surface area contributed by atoms with Crippen molar-refractivity contribution < 1.29 is 14.3 Å². The second-order valence-electron chi connectivity index (χ2n) is 7.35. The molecule has 28 heavy (non-hydrogen) atoms. The minimum absolute atomic E-state index is 0.0115. The summed E-state index contributed by atoms with van der Waals surface area (Å²) in [6.07, 6.45) is 1.28. The Bertz CT molecular complexity index is 772. The number of amides is 1. The molecular formula is C21H29N3O3S. The Morgan fingerprint density at radius 1 is 1.29 bits per heavy atom. The van der Waals surface area contributed by atoms with Gasteiger partial charge in [-0.05, 0) is 49.2 Å². The fraction of sp³-hybridized carbons (Fsp3) is 0.476. The normalized spacial score (nSPS) is 16.9. The Labute approximate surface area is 172 Å². The zero-order valence-corrected chi connectivity index (χ0v) is 18.0. The molecule has 152 valence electrons. The molecular weight excluding hydrogens is 374 g/mol. The van der Waals surface area contributed by atoms with Gasteiger partial charge < -0.3 is 20.3 Å². The van der Waals surface area contributed by atoms with E-state index >= 15 is 0 Å². The molecule has 2 N–H and O–H groups in total. The zero-order valence-electron chi connectivity index (χ0n) is 17.2. The SMILES string of the molecule is CCCC(=O)Nc1ccc([C@@H]2NC(=S)N(C)C(C)=C2C(=O)OCC(C)C)cc1. The molecule has 2 rings (SSSR count). The van der Waals surface area contributed by atoms with Crippen LogP contribution in [-0.2, 0) is 14.3 Å². The summed E-state index contributed by atoms with van der Waals surface area (Å²) >= 11 is 5.41. The summed E-state index contributed by atoms with van der Waals surface area (Å²) in [5.74, 6) is -0.106. The first-order valence-corrected chi connectivity index (χ1v) is 9.97. The van der Waals surface area contributed by atoms with Crippen LogP contribution in [0, 0.1) is 5.92 Å². The van der Waals surface area contributed by atoms with Crippen LogP contribution in [0.15, 0.2) is 35.5 Å². The molecule has 0 radical (unpaired) electrons. The molecule has 1 aliphatic rings. The zero-order chi connectivity index (χ0) is 20.8. The Morgan fingerprint density at radius 3 is 2.50 bits per heavy atom. The van der Waals surface area contributed by atoms with Crippen molar-refractivity contribution in [3.8, 4) is 0 Å². The highest BCUT2D eigenvalue weighted by Crippen LogP contribution is 2.31. The van der Waals surface area contributed by atoms with Gasteiger partial charge >= 0.3 is 5.97 Å². The van der Waals surface area contributed by atoms with E-state index in [1.54, 1.807) is 4.90 Å². The Kier molecular flexibility index (Phi) is 7.57. The standard InChI is InChI=1S/C21H29N3O3S/c1-6-7-17(25)22-16-10-8-15(9-11-16)19-18(20(26)27-12-13(2)3)14(4)24(5)21(28)23-19/h8-11,13,19H,6-7,12H2,1-5H3,(H,22,25)(H,23,28)/t19-/m0/s1. The van der Waals surface area contributed by atoms with Gasteiger partial charge in [0.15, 0.2) is 5.11 Å². The lowest BCUT2D eigenvalue weighted by atomic mass is 9.95. The maximum atomic E-state index is 12.8. The predicted octanol–water partition coefficient (Wildman–Crippen LogP) is 3.76. The number of benzene rings is 1. The van der Waals surface area contributed by atoms with Gasteiger partial charge in [0.05, 0.1) is 18.2 Å². The van der Waals surface area contributed by atoms with Gasteiger partial charge in [0.25, 0.3) is 0 Å². The fourth-order valence-corrected chi connectivity index (χ4v) is 3.13. The molecule has 1 amide bonds. The molecule has 0 spiro atoms. The van der Waals surface area contributed by atoms with E-state index in [9.17, 15) is 9.59 Å². The summed E-state index contributed by atoms with van der Waals surface area (Å²) in [6, 6.07) is 7.03. The van der Waals surface area contributed by atoms with Crippen LogP contribution in [0.25, 0.3) is 0 Å². The van der Waals surface area contributed by atoms with Crippen molar-refractivity contribution in [2.45, 2.75) is 46.6 Å². The van der Waals surface area contributed by atoms with E-state index in [2.05, 4.69) is 10.6 Å². The van der Waals surface area contributed by atoms with Gasteiger partial charge in [0.2, 0.25) is 5.91 Å². The average Bonchev–Trinajstić information content (AvgIpc) is 2.64. The van der Waals surface area contributed by atoms with Crippen LogP contribution in [0.2, 0.25) is 0 Å². The van der Waals surface area contributed by atoms with Gasteiger partial charge in [0.1, 0.15) is 0 Å². The molecule has 0 fully saturated rings. The van der Waals surface area contributed by atoms with Gasteiger partial charge in [-0.1, -0.05) is 32.9 Å². The second kappa shape index (κ2) is 9.68. The van der Waals surface area contributed by atoms with E-state index in [1.807, 2.05) is 59.0 Å². The molecule has 0 aromatic heterocycles. The van der Waals surface area contributed by atoms with Crippen LogP contribution in [0.1, 0.15) is 52.1 Å². The molecule has 1 aromatic carbocycles. The number of carbonyl (C=O) groups excluding carboxylic acids is 2. The molecule has 1 heterocycles. The molecule has 0 bridgehead atoms. The third-order valence-corrected chi connectivity index (χ3v) is 4.92. The lowest BCUT2D eigenvalue weighted by molar-refractivity contribution is -0.140. The largest absolute Gasteiger partial charge is 0.462 e. The van der Waals surface area contributed by atoms with Crippen LogP contribution >= 0.6 is 12.2 Å². The summed E-state index contributed by atoms with van der Waals surface area (Å²) < 4.78 is 5.49. The minimum atomic E-state index is -0.399. The smallest absolute Gasteiger partial charge is 0.338 e. The van der Waals surface area contributed by atoms with Crippen molar-refractivity contribution in [3.05, 3.63) is 41.1 Å². The third-order valence-electron chi connectivity index (χ3n) is 4.53. The van der Waals surface area contributed by atoms with Gasteiger partial charge in [-0.15, -0.1) is 0 Å². The third kappa shape index (κ3) is 5.32. The Balaban J connectivity index is 2.28. The first kappa shape index (κ1) is 21.9. The lowest BCUT2D eigenvalue weighted by Crippen LogP contribution is -2.46. The number of thiocarbonyl (C=S) groups is 1. The average molecular weight is 404 g/mol. The van der Waals surface area contributed by atoms with Gasteiger partial charge in [-0.25, -0.2) is 4.79 Å². The molecule has 6 nitrogen and oxygen atoms in total. The first-order chi connectivity index (χ1) is 13.2. The first-order valence-electron chi connectivity index (χ1n) is 9.56. The van der Waals surface area contributed by atoms with E-state index < -0.39 is 6.04 Å². The number of nitrogens with one attached hydrogen (secondary N) is 2. The number of hydrogen-bond acceptors (Lipinski definition) is 4. The van der Waals surface area contributed by atoms with E-state index in [1.165, 1.54) is 0 Å². The molecule has 0 aliphatic carbocycles. The molecule has 7 heteroatoms. The predicted molar refractivity (Wildman–Crippen MR) is 115 cm³/mol. The van der Waals surface area contributed by atoms with Crippen LogP contribution in [0.5, 0.6) is 0 Å². The monoisotopic (exact) mass is 403 g/mol. The number of anilines is 1. The highest BCUT2D eigenvalue weighted by Gasteiger charge is 2.33. The van der Waals surface area contributed by atoms with E-state index in [0.717, 1.165) is 23.4 Å². The molecule has 1 aromatic rings. The highest BCUT2D eigenvalue weighted by atomic mass is 32.1. The maximum Gasteiger partial charge on any atom is 0.338 e. The van der Waals surface area contributed by atoms with Gasteiger partial charge in [0, 0.05) is 24.9 Å². The van der Waals surface area contributed by atoms with Crippen LogP contribution in [-0.4, -0.2) is 35.5 Å². The quantitative estimate of drug-likeness (QED) is 0.534. The number of carbonyl (C=O) groups is 2. The van der Waals surface area contributed by atoms with Crippen molar-refractivity contribution in [3.63, 3.8) is 0 Å². The van der Waals surface area contributed by atoms with Crippen molar-refractivity contribution in [1.29, 1.82) is 0 Å². The second-order valence-corrected chi connectivity index (χ2v) is 7.74. The lowest BCUT2D eigenvalue weighted by Gasteiger charge is -2.35. The maximum absolute atomic E-state index is 12.8. The number of esters is 1.